The van der Waals surface area contributed by atoms with Crippen LogP contribution in [0.5, 0.6) is 11.5 Å². The Morgan fingerprint density at radius 2 is 2.10 bits per heavy atom. The third kappa shape index (κ3) is 3.49. The van der Waals surface area contributed by atoms with Crippen molar-refractivity contribution in [2.45, 2.75) is 6.61 Å². The van der Waals surface area contributed by atoms with E-state index in [1.165, 1.54) is 0 Å². The number of anilines is 1. The van der Waals surface area contributed by atoms with E-state index in [0.29, 0.717) is 12.4 Å². The SMILES string of the molecule is COCc1cccc(Oc2cc(F)c(C(=O)O)cc2N)c1. The maximum Gasteiger partial charge on any atom is 0.338 e. The highest BCUT2D eigenvalue weighted by atomic mass is 19.1. The second kappa shape index (κ2) is 6.23. The average Bonchev–Trinajstić information content (AvgIpc) is 2.43. The van der Waals surface area contributed by atoms with Gasteiger partial charge in [0.2, 0.25) is 0 Å². The van der Waals surface area contributed by atoms with Crippen LogP contribution >= 0.6 is 0 Å². The molecule has 2 aromatic carbocycles. The lowest BCUT2D eigenvalue weighted by molar-refractivity contribution is 0.0692. The first-order valence-corrected chi connectivity index (χ1v) is 6.09. The van der Waals surface area contributed by atoms with E-state index in [9.17, 15) is 9.18 Å². The molecule has 0 amide bonds. The number of hydrogen-bond acceptors (Lipinski definition) is 4. The summed E-state index contributed by atoms with van der Waals surface area (Å²) < 4.78 is 24.2. The number of rotatable bonds is 5. The largest absolute Gasteiger partial charge is 0.478 e. The topological polar surface area (TPSA) is 81.8 Å². The fraction of sp³-hybridized carbons (Fsp3) is 0.133. The first kappa shape index (κ1) is 14.8. The van der Waals surface area contributed by atoms with Crippen LogP contribution in [0.15, 0.2) is 36.4 Å². The molecule has 6 heteroatoms. The minimum Gasteiger partial charge on any atom is -0.478 e. The summed E-state index contributed by atoms with van der Waals surface area (Å²) in [5.74, 6) is -1.77. The maximum absolute atomic E-state index is 13.6. The molecule has 5 nitrogen and oxygen atoms in total. The zero-order chi connectivity index (χ0) is 15.4. The molecule has 0 radical (unpaired) electrons. The molecule has 110 valence electrons. The smallest absolute Gasteiger partial charge is 0.338 e. The number of hydrogen-bond donors (Lipinski definition) is 2. The Hall–Kier alpha value is -2.60. The number of nitrogen functional groups attached to an aromatic ring is 1. The highest BCUT2D eigenvalue weighted by Crippen LogP contribution is 2.30. The Balaban J connectivity index is 2.29. The van der Waals surface area contributed by atoms with Gasteiger partial charge in [0.05, 0.1) is 17.9 Å². The third-order valence-electron chi connectivity index (χ3n) is 2.77. The van der Waals surface area contributed by atoms with Crippen molar-refractivity contribution in [2.24, 2.45) is 0 Å². The fourth-order valence-corrected chi connectivity index (χ4v) is 1.82. The van der Waals surface area contributed by atoms with Crippen LogP contribution < -0.4 is 10.5 Å². The molecule has 21 heavy (non-hydrogen) atoms. The summed E-state index contributed by atoms with van der Waals surface area (Å²) in [6.07, 6.45) is 0. The Morgan fingerprint density at radius 1 is 1.33 bits per heavy atom. The van der Waals surface area contributed by atoms with E-state index < -0.39 is 17.3 Å². The van der Waals surface area contributed by atoms with E-state index in [1.54, 1.807) is 25.3 Å². The second-order valence-corrected chi connectivity index (χ2v) is 4.36. The molecule has 2 aromatic rings. The first-order valence-electron chi connectivity index (χ1n) is 6.09. The standard InChI is InChI=1S/C15H14FNO4/c1-20-8-9-3-2-4-10(5-9)21-14-7-12(16)11(15(18)19)6-13(14)17/h2-7H,8,17H2,1H3,(H,18,19). The quantitative estimate of drug-likeness (QED) is 0.827. The third-order valence-corrected chi connectivity index (χ3v) is 2.77. The predicted octanol–water partition coefficient (Wildman–Crippen LogP) is 3.04. The van der Waals surface area contributed by atoms with E-state index in [-0.39, 0.29) is 11.4 Å². The summed E-state index contributed by atoms with van der Waals surface area (Å²) in [5.41, 5.74) is 6.13. The highest BCUT2D eigenvalue weighted by Gasteiger charge is 2.15. The number of halogens is 1. The van der Waals surface area contributed by atoms with Crippen LogP contribution in [0.4, 0.5) is 10.1 Å². The minimum absolute atomic E-state index is 0.0472. The Kier molecular flexibility index (Phi) is 4.39. The summed E-state index contributed by atoms with van der Waals surface area (Å²) >= 11 is 0. The van der Waals surface area contributed by atoms with E-state index in [4.69, 9.17) is 20.3 Å². The number of carboxylic acid groups (broad SMARTS) is 1. The van der Waals surface area contributed by atoms with E-state index in [1.807, 2.05) is 6.07 Å². The molecule has 0 aliphatic carbocycles. The average molecular weight is 291 g/mol. The van der Waals surface area contributed by atoms with Gasteiger partial charge in [-0.05, 0) is 23.8 Å². The van der Waals surface area contributed by atoms with Gasteiger partial charge < -0.3 is 20.3 Å². The predicted molar refractivity (Wildman–Crippen MR) is 75.0 cm³/mol. The number of aromatic carboxylic acids is 1. The highest BCUT2D eigenvalue weighted by molar-refractivity contribution is 5.89. The minimum atomic E-state index is -1.38. The molecule has 0 bridgehead atoms. The normalized spacial score (nSPS) is 10.4. The zero-order valence-electron chi connectivity index (χ0n) is 11.3. The van der Waals surface area contributed by atoms with E-state index >= 15 is 0 Å². The lowest BCUT2D eigenvalue weighted by atomic mass is 10.1. The molecule has 3 N–H and O–H groups in total. The van der Waals surface area contributed by atoms with Crippen LogP contribution in [0.3, 0.4) is 0 Å². The van der Waals surface area contributed by atoms with Gasteiger partial charge in [-0.1, -0.05) is 12.1 Å². The van der Waals surface area contributed by atoms with Crippen LogP contribution in [0, 0.1) is 5.82 Å². The van der Waals surface area contributed by atoms with Gasteiger partial charge in [0.15, 0.2) is 5.75 Å². The summed E-state index contributed by atoms with van der Waals surface area (Å²) in [6.45, 7) is 0.416. The molecule has 0 atom stereocenters. The van der Waals surface area contributed by atoms with Gasteiger partial charge in [-0.15, -0.1) is 0 Å². The monoisotopic (exact) mass is 291 g/mol. The maximum atomic E-state index is 13.6. The van der Waals surface area contributed by atoms with Crippen LogP contribution in [0.2, 0.25) is 0 Å². The molecule has 0 spiro atoms. The van der Waals surface area contributed by atoms with Crippen LogP contribution in [-0.2, 0) is 11.3 Å². The summed E-state index contributed by atoms with van der Waals surface area (Å²) in [7, 11) is 1.57. The van der Waals surface area contributed by atoms with Gasteiger partial charge >= 0.3 is 5.97 Å². The van der Waals surface area contributed by atoms with Gasteiger partial charge in [0.25, 0.3) is 0 Å². The molecule has 0 saturated carbocycles. The molecule has 0 saturated heterocycles. The van der Waals surface area contributed by atoms with Crippen molar-refractivity contribution in [2.75, 3.05) is 12.8 Å². The molecule has 0 aromatic heterocycles. The molecule has 0 aliphatic rings. The summed E-state index contributed by atoms with van der Waals surface area (Å²) in [4.78, 5) is 10.8. The second-order valence-electron chi connectivity index (χ2n) is 4.36. The lowest BCUT2D eigenvalue weighted by Crippen LogP contribution is -2.03. The van der Waals surface area contributed by atoms with Crippen LogP contribution in [-0.4, -0.2) is 18.2 Å². The number of ether oxygens (including phenoxy) is 2. The summed E-state index contributed by atoms with van der Waals surface area (Å²) in [5, 5.41) is 8.82. The fourth-order valence-electron chi connectivity index (χ4n) is 1.82. The van der Waals surface area contributed by atoms with Crippen molar-refractivity contribution >= 4 is 11.7 Å². The number of carboxylic acids is 1. The molecule has 0 fully saturated rings. The van der Waals surface area contributed by atoms with Crippen molar-refractivity contribution < 1.29 is 23.8 Å². The van der Waals surface area contributed by atoms with E-state index in [0.717, 1.165) is 17.7 Å². The van der Waals surface area contributed by atoms with Gasteiger partial charge in [-0.2, -0.15) is 0 Å². The number of methoxy groups -OCH3 is 1. The van der Waals surface area contributed by atoms with Crippen LogP contribution in [0.1, 0.15) is 15.9 Å². The molecule has 0 aliphatic heterocycles. The van der Waals surface area contributed by atoms with Gasteiger partial charge in [0.1, 0.15) is 11.6 Å². The van der Waals surface area contributed by atoms with E-state index in [2.05, 4.69) is 0 Å². The molecule has 2 rings (SSSR count). The van der Waals surface area contributed by atoms with Crippen molar-refractivity contribution in [3.05, 3.63) is 53.3 Å². The Bertz CT molecular complexity index is 673. The number of carbonyl (C=O) groups is 1. The van der Waals surface area contributed by atoms with Crippen molar-refractivity contribution in [1.82, 2.24) is 0 Å². The summed E-state index contributed by atoms with van der Waals surface area (Å²) in [6, 6.07) is 9.02. The molecular weight excluding hydrogens is 277 g/mol. The van der Waals surface area contributed by atoms with Crippen molar-refractivity contribution in [3.8, 4) is 11.5 Å². The molecular formula is C15H14FNO4. The Labute approximate surface area is 120 Å². The van der Waals surface area contributed by atoms with Crippen LogP contribution in [0.25, 0.3) is 0 Å². The zero-order valence-corrected chi connectivity index (χ0v) is 11.3. The molecule has 0 heterocycles. The van der Waals surface area contributed by atoms with Gasteiger partial charge in [-0.25, -0.2) is 9.18 Å². The lowest BCUT2D eigenvalue weighted by Gasteiger charge is -2.11. The Morgan fingerprint density at radius 3 is 2.76 bits per heavy atom. The number of nitrogens with two attached hydrogens (primary N) is 1. The van der Waals surface area contributed by atoms with Crippen molar-refractivity contribution in [3.63, 3.8) is 0 Å². The van der Waals surface area contributed by atoms with Gasteiger partial charge in [-0.3, -0.25) is 0 Å². The van der Waals surface area contributed by atoms with Gasteiger partial charge in [0, 0.05) is 13.2 Å². The number of benzene rings is 2. The molecule has 0 unspecified atom stereocenters. The van der Waals surface area contributed by atoms with Crippen molar-refractivity contribution in [1.29, 1.82) is 0 Å². The first-order chi connectivity index (χ1) is 10.0.